The van der Waals surface area contributed by atoms with E-state index in [4.69, 9.17) is 28.5 Å². The Morgan fingerprint density at radius 2 is 1.85 bits per heavy atom. The van der Waals surface area contributed by atoms with Crippen molar-refractivity contribution in [1.82, 2.24) is 0 Å². The van der Waals surface area contributed by atoms with Crippen LogP contribution in [0.5, 0.6) is 0 Å². The van der Waals surface area contributed by atoms with Crippen LogP contribution in [-0.4, -0.2) is 4.83 Å². The second kappa shape index (κ2) is 4.85. The van der Waals surface area contributed by atoms with Gasteiger partial charge >= 0.3 is 0 Å². The summed E-state index contributed by atoms with van der Waals surface area (Å²) in [5.74, 6) is 0. The van der Waals surface area contributed by atoms with E-state index in [9.17, 15) is 0 Å². The van der Waals surface area contributed by atoms with Gasteiger partial charge in [-0.1, -0.05) is 39.1 Å². The number of hydrogen-bond acceptors (Lipinski definition) is 1. The van der Waals surface area contributed by atoms with Crippen molar-refractivity contribution in [2.75, 3.05) is 0 Å². The van der Waals surface area contributed by atoms with Gasteiger partial charge in [0.05, 0.1) is 6.07 Å². The summed E-state index contributed by atoms with van der Waals surface area (Å²) in [5.41, 5.74) is 0.959. The van der Waals surface area contributed by atoms with E-state index in [0.29, 0.717) is 16.5 Å². The number of halogens is 3. The number of nitriles is 1. The summed E-state index contributed by atoms with van der Waals surface area (Å²) in [6.45, 7) is 0. The maximum absolute atomic E-state index is 8.57. The molecule has 0 fully saturated rings. The van der Waals surface area contributed by atoms with E-state index in [0.717, 1.165) is 5.56 Å². The summed E-state index contributed by atoms with van der Waals surface area (Å²) >= 11 is 14.8. The minimum absolute atomic E-state index is 0.193. The fourth-order valence-electron chi connectivity index (χ4n) is 0.981. The molecule has 0 saturated carbocycles. The van der Waals surface area contributed by atoms with Gasteiger partial charge in [0.15, 0.2) is 0 Å². The van der Waals surface area contributed by atoms with Gasteiger partial charge in [-0.05, 0) is 30.2 Å². The normalized spacial score (nSPS) is 12.2. The Bertz CT molecular complexity index is 326. The molecule has 0 aliphatic carbocycles. The summed E-state index contributed by atoms with van der Waals surface area (Å²) < 4.78 is 0. The van der Waals surface area contributed by atoms with Crippen LogP contribution in [0.4, 0.5) is 0 Å². The summed E-state index contributed by atoms with van der Waals surface area (Å²) in [7, 11) is 0. The Hall–Kier alpha value is -0.230. The molecular weight excluding hydrogens is 273 g/mol. The molecule has 13 heavy (non-hydrogen) atoms. The van der Waals surface area contributed by atoms with E-state index in [1.54, 1.807) is 18.2 Å². The maximum Gasteiger partial charge on any atom is 0.105 e. The van der Waals surface area contributed by atoms with Gasteiger partial charge in [-0.2, -0.15) is 5.26 Å². The van der Waals surface area contributed by atoms with Crippen molar-refractivity contribution >= 4 is 39.1 Å². The Labute approximate surface area is 95.4 Å². The van der Waals surface area contributed by atoms with Crippen LogP contribution in [0.25, 0.3) is 0 Å². The molecule has 0 amide bonds. The van der Waals surface area contributed by atoms with Gasteiger partial charge < -0.3 is 0 Å². The summed E-state index contributed by atoms with van der Waals surface area (Å²) in [6.07, 6.45) is 0.608. The van der Waals surface area contributed by atoms with Gasteiger partial charge in [-0.25, -0.2) is 0 Å². The number of benzene rings is 1. The predicted octanol–water partition coefficient (Wildman–Crippen LogP) is 3.82. The summed E-state index contributed by atoms with van der Waals surface area (Å²) in [5, 5.41) is 9.77. The fraction of sp³-hybridized carbons (Fsp3) is 0.222. The third-order valence-corrected chi connectivity index (χ3v) is 2.44. The molecule has 0 aliphatic rings. The van der Waals surface area contributed by atoms with Crippen LogP contribution in [0.2, 0.25) is 10.0 Å². The molecule has 1 aromatic carbocycles. The molecule has 0 heterocycles. The van der Waals surface area contributed by atoms with Crippen LogP contribution in [0.3, 0.4) is 0 Å². The lowest BCUT2D eigenvalue weighted by atomic mass is 10.1. The molecule has 4 heteroatoms. The number of alkyl halides is 1. The largest absolute Gasteiger partial charge is 0.197 e. The second-order valence-electron chi connectivity index (χ2n) is 2.58. The van der Waals surface area contributed by atoms with Crippen molar-refractivity contribution in [3.63, 3.8) is 0 Å². The average Bonchev–Trinajstić information content (AvgIpc) is 2.02. The number of hydrogen-bond donors (Lipinski definition) is 0. The number of nitrogens with zero attached hydrogens (tertiary/aromatic N) is 1. The molecule has 0 aromatic heterocycles. The topological polar surface area (TPSA) is 23.8 Å². The van der Waals surface area contributed by atoms with Crippen LogP contribution < -0.4 is 0 Å². The molecule has 0 spiro atoms. The highest BCUT2D eigenvalue weighted by Crippen LogP contribution is 2.21. The highest BCUT2D eigenvalue weighted by molar-refractivity contribution is 9.09. The monoisotopic (exact) mass is 277 g/mol. The van der Waals surface area contributed by atoms with Gasteiger partial charge in [0.1, 0.15) is 4.83 Å². The molecule has 0 bridgehead atoms. The van der Waals surface area contributed by atoms with Gasteiger partial charge in [-0.15, -0.1) is 0 Å². The Morgan fingerprint density at radius 1 is 1.31 bits per heavy atom. The molecule has 1 atom stereocenters. The zero-order valence-electron chi connectivity index (χ0n) is 6.60. The number of rotatable bonds is 2. The maximum atomic E-state index is 8.57. The Balaban J connectivity index is 2.84. The van der Waals surface area contributed by atoms with E-state index in [2.05, 4.69) is 22.0 Å². The average molecular weight is 279 g/mol. The van der Waals surface area contributed by atoms with Crippen LogP contribution in [0, 0.1) is 11.3 Å². The molecule has 0 radical (unpaired) electrons. The summed E-state index contributed by atoms with van der Waals surface area (Å²) in [6, 6.07) is 7.36. The first-order valence-corrected chi connectivity index (χ1v) is 5.27. The molecule has 1 rings (SSSR count). The minimum atomic E-state index is -0.193. The van der Waals surface area contributed by atoms with E-state index in [-0.39, 0.29) is 4.83 Å². The molecule has 68 valence electrons. The van der Waals surface area contributed by atoms with Gasteiger partial charge in [0.25, 0.3) is 0 Å². The molecule has 0 aliphatic heterocycles. The quantitative estimate of drug-likeness (QED) is 0.755. The zero-order chi connectivity index (χ0) is 9.84. The SMILES string of the molecule is N#CC(Br)Cc1cc(Cl)cc(Cl)c1. The van der Waals surface area contributed by atoms with Crippen molar-refractivity contribution in [3.8, 4) is 6.07 Å². The van der Waals surface area contributed by atoms with Crippen LogP contribution in [0.15, 0.2) is 18.2 Å². The van der Waals surface area contributed by atoms with E-state index in [1.165, 1.54) is 0 Å². The highest BCUT2D eigenvalue weighted by atomic mass is 79.9. The lowest BCUT2D eigenvalue weighted by Gasteiger charge is -2.02. The van der Waals surface area contributed by atoms with E-state index in [1.807, 2.05) is 0 Å². The lowest BCUT2D eigenvalue weighted by molar-refractivity contribution is 1.04. The van der Waals surface area contributed by atoms with Crippen molar-refractivity contribution < 1.29 is 0 Å². The van der Waals surface area contributed by atoms with Crippen molar-refractivity contribution in [2.45, 2.75) is 11.2 Å². The van der Waals surface area contributed by atoms with Crippen molar-refractivity contribution in [1.29, 1.82) is 5.26 Å². The first-order chi connectivity index (χ1) is 6.11. The lowest BCUT2D eigenvalue weighted by Crippen LogP contribution is -1.98. The third kappa shape index (κ3) is 3.56. The smallest absolute Gasteiger partial charge is 0.105 e. The summed E-state index contributed by atoms with van der Waals surface area (Å²) in [4.78, 5) is -0.193. The van der Waals surface area contributed by atoms with Gasteiger partial charge in [0, 0.05) is 10.0 Å². The van der Waals surface area contributed by atoms with Crippen molar-refractivity contribution in [3.05, 3.63) is 33.8 Å². The molecule has 0 saturated heterocycles. The predicted molar refractivity (Wildman–Crippen MR) is 58.5 cm³/mol. The Morgan fingerprint density at radius 3 is 2.31 bits per heavy atom. The second-order valence-corrected chi connectivity index (χ2v) is 4.56. The third-order valence-electron chi connectivity index (χ3n) is 1.48. The minimum Gasteiger partial charge on any atom is -0.197 e. The Kier molecular flexibility index (Phi) is 4.05. The van der Waals surface area contributed by atoms with Crippen LogP contribution in [0.1, 0.15) is 5.56 Å². The zero-order valence-corrected chi connectivity index (χ0v) is 9.70. The van der Waals surface area contributed by atoms with Gasteiger partial charge in [0.2, 0.25) is 0 Å². The molecule has 1 aromatic rings. The first kappa shape index (κ1) is 10.8. The molecule has 1 nitrogen and oxygen atoms in total. The van der Waals surface area contributed by atoms with E-state index < -0.39 is 0 Å². The van der Waals surface area contributed by atoms with Crippen LogP contribution >= 0.6 is 39.1 Å². The van der Waals surface area contributed by atoms with Gasteiger partial charge in [-0.3, -0.25) is 0 Å². The fourth-order valence-corrected chi connectivity index (χ4v) is 1.93. The first-order valence-electron chi connectivity index (χ1n) is 3.60. The van der Waals surface area contributed by atoms with Crippen LogP contribution in [-0.2, 0) is 6.42 Å². The molecule has 0 N–H and O–H groups in total. The van der Waals surface area contributed by atoms with Crippen molar-refractivity contribution in [2.24, 2.45) is 0 Å². The molecule has 1 unspecified atom stereocenters. The standard InChI is InChI=1S/C9H6BrCl2N/c10-7(5-13)1-6-2-8(11)4-9(12)3-6/h2-4,7H,1H2. The van der Waals surface area contributed by atoms with E-state index >= 15 is 0 Å². The molecular formula is C9H6BrCl2N. The highest BCUT2D eigenvalue weighted by Gasteiger charge is 2.04.